The molecule has 1 unspecified atom stereocenters. The molecule has 0 aliphatic heterocycles. The summed E-state index contributed by atoms with van der Waals surface area (Å²) >= 11 is 0. The fourth-order valence-electron chi connectivity index (χ4n) is 2.89. The van der Waals surface area contributed by atoms with Crippen molar-refractivity contribution >= 4 is 5.97 Å². The number of carbonyl (C=O) groups excluding carboxylic acids is 1. The first-order chi connectivity index (χ1) is 12.1. The van der Waals surface area contributed by atoms with Gasteiger partial charge in [0.15, 0.2) is 0 Å². The van der Waals surface area contributed by atoms with Gasteiger partial charge in [-0.05, 0) is 42.4 Å². The molecule has 7 heteroatoms. The van der Waals surface area contributed by atoms with Gasteiger partial charge in [0, 0.05) is 19.8 Å². The average Bonchev–Trinajstić information content (AvgIpc) is 3.03. The minimum absolute atomic E-state index is 0.0156. The number of aliphatic hydroxyl groups is 1. The van der Waals surface area contributed by atoms with Crippen LogP contribution in [0.15, 0.2) is 24.4 Å². The minimum Gasteiger partial charge on any atom is -0.466 e. The Bertz CT molecular complexity index is 699. The van der Waals surface area contributed by atoms with Gasteiger partial charge >= 0.3 is 5.97 Å². The van der Waals surface area contributed by atoms with E-state index in [1.165, 1.54) is 0 Å². The first-order valence-corrected chi connectivity index (χ1v) is 8.50. The summed E-state index contributed by atoms with van der Waals surface area (Å²) < 4.78 is 6.77. The topological polar surface area (TPSA) is 103 Å². The quantitative estimate of drug-likeness (QED) is 0.666. The number of nitrogens with two attached hydrogens (primary N) is 1. The highest BCUT2D eigenvalue weighted by Gasteiger charge is 2.19. The third kappa shape index (κ3) is 5.37. The van der Waals surface area contributed by atoms with E-state index in [1.54, 1.807) is 11.6 Å². The third-order valence-corrected chi connectivity index (χ3v) is 4.21. The second kappa shape index (κ2) is 9.29. The summed E-state index contributed by atoms with van der Waals surface area (Å²) in [7, 11) is 1.83. The summed E-state index contributed by atoms with van der Waals surface area (Å²) in [5.41, 5.74) is 9.30. The maximum absolute atomic E-state index is 12.0. The number of nitrogens with zero attached hydrogens (tertiary/aromatic N) is 3. The van der Waals surface area contributed by atoms with E-state index in [2.05, 4.69) is 10.3 Å². The van der Waals surface area contributed by atoms with E-state index < -0.39 is 0 Å². The molecular weight excluding hydrogens is 320 g/mol. The molecule has 2 rings (SSSR count). The molecule has 0 amide bonds. The number of aliphatic hydroxyl groups excluding tert-OH is 1. The van der Waals surface area contributed by atoms with E-state index >= 15 is 0 Å². The second-order valence-electron chi connectivity index (χ2n) is 6.02. The largest absolute Gasteiger partial charge is 0.466 e. The number of esters is 1. The number of aromatic nitrogens is 3. The van der Waals surface area contributed by atoms with Crippen molar-refractivity contribution in [1.82, 2.24) is 15.0 Å². The van der Waals surface area contributed by atoms with Gasteiger partial charge in [0.1, 0.15) is 0 Å². The number of rotatable bonds is 9. The van der Waals surface area contributed by atoms with Crippen LogP contribution in [0.25, 0.3) is 0 Å². The molecular formula is C18H26N4O3. The number of carbonyl (C=O) groups is 1. The molecule has 2 aromatic rings. The number of hydrogen-bond donors (Lipinski definition) is 2. The standard InChI is InChI=1S/C18H26N4O3/c1-3-25-18(24)9-14(6-7-17-11-22(2)21-20-17)13-4-5-15(10-19)16(8-13)12-23/h4-5,8,11,14,23H,3,6-7,9-10,12,19H2,1-2H3. The molecule has 0 spiro atoms. The van der Waals surface area contributed by atoms with Crippen molar-refractivity contribution in [2.75, 3.05) is 6.61 Å². The zero-order valence-electron chi connectivity index (χ0n) is 14.8. The van der Waals surface area contributed by atoms with Crippen molar-refractivity contribution in [3.8, 4) is 0 Å². The molecule has 0 saturated carbocycles. The fourth-order valence-corrected chi connectivity index (χ4v) is 2.89. The molecule has 7 nitrogen and oxygen atoms in total. The van der Waals surface area contributed by atoms with Crippen LogP contribution in [0.4, 0.5) is 0 Å². The summed E-state index contributed by atoms with van der Waals surface area (Å²) in [5.74, 6) is -0.238. The molecule has 1 heterocycles. The monoisotopic (exact) mass is 346 g/mol. The van der Waals surface area contributed by atoms with E-state index in [1.807, 2.05) is 31.4 Å². The van der Waals surface area contributed by atoms with Gasteiger partial charge in [0.25, 0.3) is 0 Å². The predicted octanol–water partition coefficient (Wildman–Crippen LogP) is 1.44. The van der Waals surface area contributed by atoms with Crippen molar-refractivity contribution in [1.29, 1.82) is 0 Å². The van der Waals surface area contributed by atoms with Crippen LogP contribution in [0.5, 0.6) is 0 Å². The number of ether oxygens (including phenoxy) is 1. The first-order valence-electron chi connectivity index (χ1n) is 8.50. The van der Waals surface area contributed by atoms with Gasteiger partial charge in [-0.25, -0.2) is 0 Å². The molecule has 3 N–H and O–H groups in total. The fraction of sp³-hybridized carbons (Fsp3) is 0.500. The average molecular weight is 346 g/mol. The van der Waals surface area contributed by atoms with Crippen LogP contribution in [0, 0.1) is 0 Å². The van der Waals surface area contributed by atoms with Gasteiger partial charge in [-0.15, -0.1) is 5.10 Å². The van der Waals surface area contributed by atoms with Gasteiger partial charge in [-0.1, -0.05) is 23.4 Å². The van der Waals surface area contributed by atoms with Crippen molar-refractivity contribution in [2.24, 2.45) is 12.8 Å². The Morgan fingerprint density at radius 3 is 2.80 bits per heavy atom. The van der Waals surface area contributed by atoms with Gasteiger partial charge < -0.3 is 15.6 Å². The lowest BCUT2D eigenvalue weighted by molar-refractivity contribution is -0.143. The number of hydrogen-bond acceptors (Lipinski definition) is 6. The molecule has 136 valence electrons. The Labute approximate surface area is 147 Å². The van der Waals surface area contributed by atoms with Crippen LogP contribution in [0.3, 0.4) is 0 Å². The SMILES string of the molecule is CCOC(=O)CC(CCc1cn(C)nn1)c1ccc(CN)c(CO)c1. The summed E-state index contributed by atoms with van der Waals surface area (Å²) in [4.78, 5) is 12.0. The summed E-state index contributed by atoms with van der Waals surface area (Å²) in [6, 6.07) is 5.83. The van der Waals surface area contributed by atoms with E-state index in [9.17, 15) is 9.90 Å². The van der Waals surface area contributed by atoms with Gasteiger partial charge in [0.05, 0.1) is 25.3 Å². The van der Waals surface area contributed by atoms with Crippen LogP contribution in [-0.4, -0.2) is 32.7 Å². The second-order valence-corrected chi connectivity index (χ2v) is 6.02. The van der Waals surface area contributed by atoms with Crippen molar-refractivity contribution < 1.29 is 14.6 Å². The Morgan fingerprint density at radius 1 is 1.40 bits per heavy atom. The first kappa shape index (κ1) is 19.1. The lowest BCUT2D eigenvalue weighted by atomic mass is 9.88. The van der Waals surface area contributed by atoms with Crippen molar-refractivity contribution in [3.05, 3.63) is 46.8 Å². The molecule has 0 aliphatic rings. The molecule has 1 aromatic heterocycles. The zero-order valence-corrected chi connectivity index (χ0v) is 14.8. The normalized spacial score (nSPS) is 12.2. The van der Waals surface area contributed by atoms with Crippen molar-refractivity contribution in [3.63, 3.8) is 0 Å². The lowest BCUT2D eigenvalue weighted by Crippen LogP contribution is -2.12. The summed E-state index contributed by atoms with van der Waals surface area (Å²) in [5, 5.41) is 17.6. The van der Waals surface area contributed by atoms with Gasteiger partial charge in [-0.3, -0.25) is 9.48 Å². The highest BCUT2D eigenvalue weighted by molar-refractivity contribution is 5.70. The molecule has 0 aliphatic carbocycles. The summed E-state index contributed by atoms with van der Waals surface area (Å²) in [6.45, 7) is 2.46. The van der Waals surface area contributed by atoms with E-state index in [4.69, 9.17) is 10.5 Å². The minimum atomic E-state index is -0.222. The molecule has 0 saturated heterocycles. The maximum atomic E-state index is 12.0. The van der Waals surface area contributed by atoms with E-state index in [0.717, 1.165) is 28.8 Å². The van der Waals surface area contributed by atoms with E-state index in [-0.39, 0.29) is 18.5 Å². The Kier molecular flexibility index (Phi) is 7.09. The van der Waals surface area contributed by atoms with Crippen LogP contribution in [0.2, 0.25) is 0 Å². The summed E-state index contributed by atoms with van der Waals surface area (Å²) in [6.07, 6.45) is 3.62. The highest BCUT2D eigenvalue weighted by atomic mass is 16.5. The lowest BCUT2D eigenvalue weighted by Gasteiger charge is -2.18. The Morgan fingerprint density at radius 2 is 2.20 bits per heavy atom. The van der Waals surface area contributed by atoms with Crippen LogP contribution < -0.4 is 5.73 Å². The zero-order chi connectivity index (χ0) is 18.2. The number of benzene rings is 1. The highest BCUT2D eigenvalue weighted by Crippen LogP contribution is 2.27. The predicted molar refractivity (Wildman–Crippen MR) is 93.6 cm³/mol. The molecule has 0 radical (unpaired) electrons. The van der Waals surface area contributed by atoms with Crippen LogP contribution >= 0.6 is 0 Å². The smallest absolute Gasteiger partial charge is 0.306 e. The van der Waals surface area contributed by atoms with Gasteiger partial charge in [-0.2, -0.15) is 0 Å². The van der Waals surface area contributed by atoms with Gasteiger partial charge in [0.2, 0.25) is 0 Å². The third-order valence-electron chi connectivity index (χ3n) is 4.21. The van der Waals surface area contributed by atoms with Crippen molar-refractivity contribution in [2.45, 2.75) is 45.3 Å². The van der Waals surface area contributed by atoms with Crippen LogP contribution in [0.1, 0.15) is 48.1 Å². The van der Waals surface area contributed by atoms with Crippen LogP contribution in [-0.2, 0) is 36.2 Å². The Hall–Kier alpha value is -2.25. The molecule has 1 atom stereocenters. The molecule has 1 aromatic carbocycles. The molecule has 0 fully saturated rings. The molecule has 25 heavy (non-hydrogen) atoms. The molecule has 0 bridgehead atoms. The van der Waals surface area contributed by atoms with E-state index in [0.29, 0.717) is 26.0 Å². The Balaban J connectivity index is 2.19. The maximum Gasteiger partial charge on any atom is 0.306 e. The number of aryl methyl sites for hydroxylation is 2.